The minimum absolute atomic E-state index is 0.118. The molecular weight excluding hydrogens is 490 g/mol. The molecule has 9 heteroatoms. The zero-order chi connectivity index (χ0) is 25.5. The van der Waals surface area contributed by atoms with E-state index >= 15 is 0 Å². The van der Waals surface area contributed by atoms with Crippen LogP contribution in [0.2, 0.25) is 25.7 Å². The topological polar surface area (TPSA) is 78.6 Å². The molecule has 7 nitrogen and oxygen atoms in total. The molecule has 194 valence electrons. The van der Waals surface area contributed by atoms with Crippen LogP contribution in [0.25, 0.3) is 10.9 Å². The fraction of sp³-hybridized carbons (Fsp3) is 0.481. The highest BCUT2D eigenvalue weighted by Crippen LogP contribution is 2.41. The fourth-order valence-electron chi connectivity index (χ4n) is 4.36. The van der Waals surface area contributed by atoms with E-state index in [-0.39, 0.29) is 10.6 Å². The van der Waals surface area contributed by atoms with Crippen LogP contribution < -0.4 is 5.32 Å². The summed E-state index contributed by atoms with van der Waals surface area (Å²) in [5, 5.41) is 16.7. The van der Waals surface area contributed by atoms with Crippen LogP contribution in [-0.4, -0.2) is 43.9 Å². The summed E-state index contributed by atoms with van der Waals surface area (Å²) in [5.41, 5.74) is 2.74. The molecule has 1 N–H and O–H groups in total. The fourth-order valence-corrected chi connectivity index (χ4v) is 6.15. The SMILES string of the molecule is C[Si](C)(C)CCOCn1ccc2c(SCc3ccccc3)cc([N+](=O)[O-])c(NCC3CCOCC3)c21. The van der Waals surface area contributed by atoms with Crippen LogP contribution in [0.3, 0.4) is 0 Å². The summed E-state index contributed by atoms with van der Waals surface area (Å²) >= 11 is 1.64. The van der Waals surface area contributed by atoms with E-state index in [1.165, 1.54) is 5.56 Å². The Bertz CT molecular complexity index is 1160. The van der Waals surface area contributed by atoms with Crippen LogP contribution in [0.1, 0.15) is 18.4 Å². The third-order valence-electron chi connectivity index (χ3n) is 6.56. The lowest BCUT2D eigenvalue weighted by molar-refractivity contribution is -0.384. The zero-order valence-electron chi connectivity index (χ0n) is 21.5. The van der Waals surface area contributed by atoms with Gasteiger partial charge in [-0.1, -0.05) is 50.0 Å². The first-order valence-corrected chi connectivity index (χ1v) is 17.4. The van der Waals surface area contributed by atoms with Gasteiger partial charge in [-0.2, -0.15) is 0 Å². The molecule has 4 rings (SSSR count). The first-order valence-electron chi connectivity index (χ1n) is 12.7. The summed E-state index contributed by atoms with van der Waals surface area (Å²) in [6.07, 6.45) is 3.93. The van der Waals surface area contributed by atoms with E-state index in [2.05, 4.69) is 43.2 Å². The highest BCUT2D eigenvalue weighted by Gasteiger charge is 2.25. The van der Waals surface area contributed by atoms with E-state index in [1.54, 1.807) is 17.8 Å². The van der Waals surface area contributed by atoms with Crippen molar-refractivity contribution in [3.8, 4) is 0 Å². The highest BCUT2D eigenvalue weighted by atomic mass is 32.2. The normalized spacial score (nSPS) is 14.9. The molecule has 0 radical (unpaired) electrons. The molecule has 1 aliphatic heterocycles. The molecule has 36 heavy (non-hydrogen) atoms. The van der Waals surface area contributed by atoms with Crippen molar-refractivity contribution in [3.05, 3.63) is 64.3 Å². The van der Waals surface area contributed by atoms with Gasteiger partial charge in [-0.15, -0.1) is 11.8 Å². The van der Waals surface area contributed by atoms with Gasteiger partial charge < -0.3 is 19.4 Å². The summed E-state index contributed by atoms with van der Waals surface area (Å²) in [7, 11) is -1.20. The Hall–Kier alpha value is -2.33. The first kappa shape index (κ1) is 26.7. The van der Waals surface area contributed by atoms with E-state index < -0.39 is 8.07 Å². The number of rotatable bonds is 12. The van der Waals surface area contributed by atoms with Gasteiger partial charge >= 0.3 is 0 Å². The third kappa shape index (κ3) is 7.12. The molecule has 0 spiro atoms. The number of nitrogens with zero attached hydrogens (tertiary/aromatic N) is 2. The van der Waals surface area contributed by atoms with Gasteiger partial charge in [0.2, 0.25) is 0 Å². The molecule has 0 aliphatic carbocycles. The van der Waals surface area contributed by atoms with E-state index in [9.17, 15) is 10.1 Å². The highest BCUT2D eigenvalue weighted by molar-refractivity contribution is 7.98. The Morgan fingerprint density at radius 2 is 1.94 bits per heavy atom. The smallest absolute Gasteiger partial charge is 0.295 e. The van der Waals surface area contributed by atoms with Gasteiger partial charge in [0, 0.05) is 62.7 Å². The number of fused-ring (bicyclic) bond motifs is 1. The van der Waals surface area contributed by atoms with E-state index in [1.807, 2.05) is 29.0 Å². The van der Waals surface area contributed by atoms with Gasteiger partial charge in [0.05, 0.1) is 10.4 Å². The van der Waals surface area contributed by atoms with Gasteiger partial charge in [-0.05, 0) is 36.4 Å². The molecule has 1 aliphatic rings. The number of ether oxygens (including phenoxy) is 2. The zero-order valence-corrected chi connectivity index (χ0v) is 23.3. The number of anilines is 1. The molecule has 3 aromatic rings. The number of nitrogens with one attached hydrogen (secondary N) is 1. The van der Waals surface area contributed by atoms with Crippen molar-refractivity contribution in [1.29, 1.82) is 0 Å². The average molecular weight is 528 g/mol. The lowest BCUT2D eigenvalue weighted by Gasteiger charge is -2.23. The quantitative estimate of drug-likeness (QED) is 0.0899. The standard InChI is InChI=1S/C27H37N3O4SSi/c1-36(2,3)16-15-34-20-29-12-9-23-25(35-19-22-7-5-4-6-8-22)17-24(30(31)32)26(27(23)29)28-18-21-10-13-33-14-11-21/h4-9,12,17,21,28H,10-11,13-16,18-20H2,1-3H3. The number of thioether (sulfide) groups is 1. The summed E-state index contributed by atoms with van der Waals surface area (Å²) in [6.45, 7) is 10.3. The predicted molar refractivity (Wildman–Crippen MR) is 151 cm³/mol. The van der Waals surface area contributed by atoms with E-state index in [0.29, 0.717) is 31.5 Å². The van der Waals surface area contributed by atoms with Crippen molar-refractivity contribution in [2.45, 2.75) is 55.9 Å². The van der Waals surface area contributed by atoms with Crippen molar-refractivity contribution >= 4 is 42.1 Å². The van der Waals surface area contributed by atoms with Gasteiger partial charge in [0.25, 0.3) is 5.69 Å². The Labute approximate surface area is 218 Å². The predicted octanol–water partition coefficient (Wildman–Crippen LogP) is 6.99. The maximum absolute atomic E-state index is 12.2. The number of benzene rings is 2. The molecule has 0 unspecified atom stereocenters. The van der Waals surface area contributed by atoms with E-state index in [4.69, 9.17) is 9.47 Å². The van der Waals surface area contributed by atoms with Crippen LogP contribution in [-0.2, 0) is 22.0 Å². The summed E-state index contributed by atoms with van der Waals surface area (Å²) in [6, 6.07) is 15.1. The van der Waals surface area contributed by atoms with Gasteiger partial charge in [-0.3, -0.25) is 10.1 Å². The Kier molecular flexibility index (Phi) is 9.11. The van der Waals surface area contributed by atoms with Crippen molar-refractivity contribution in [2.24, 2.45) is 5.92 Å². The Morgan fingerprint density at radius 3 is 2.64 bits per heavy atom. The first-order chi connectivity index (χ1) is 17.3. The monoisotopic (exact) mass is 527 g/mol. The molecule has 1 fully saturated rings. The van der Waals surface area contributed by atoms with Crippen molar-refractivity contribution in [1.82, 2.24) is 4.57 Å². The lowest BCUT2D eigenvalue weighted by Crippen LogP contribution is -2.23. The maximum atomic E-state index is 12.2. The van der Waals surface area contributed by atoms with Crippen LogP contribution >= 0.6 is 11.8 Å². The molecular formula is C27H37N3O4SSi. The second-order valence-corrected chi connectivity index (χ2v) is 17.3. The van der Waals surface area contributed by atoms with E-state index in [0.717, 1.165) is 53.7 Å². The molecule has 0 atom stereocenters. The van der Waals surface area contributed by atoms with Crippen molar-refractivity contribution in [3.63, 3.8) is 0 Å². The van der Waals surface area contributed by atoms with Crippen LogP contribution in [0, 0.1) is 16.0 Å². The van der Waals surface area contributed by atoms with Crippen LogP contribution in [0.4, 0.5) is 11.4 Å². The lowest BCUT2D eigenvalue weighted by atomic mass is 10.0. The molecule has 0 bridgehead atoms. The average Bonchev–Trinajstić information content (AvgIpc) is 3.29. The second-order valence-electron chi connectivity index (χ2n) is 10.6. The molecule has 0 amide bonds. The molecule has 2 heterocycles. The van der Waals surface area contributed by atoms with Crippen molar-refractivity contribution < 1.29 is 14.4 Å². The second kappa shape index (κ2) is 12.3. The molecule has 2 aromatic carbocycles. The summed E-state index contributed by atoms with van der Waals surface area (Å²) < 4.78 is 13.6. The number of aromatic nitrogens is 1. The van der Waals surface area contributed by atoms with Gasteiger partial charge in [-0.25, -0.2) is 0 Å². The minimum atomic E-state index is -1.20. The number of hydrogen-bond acceptors (Lipinski definition) is 6. The largest absolute Gasteiger partial charge is 0.381 e. The third-order valence-corrected chi connectivity index (χ3v) is 9.39. The molecule has 1 aromatic heterocycles. The number of hydrogen-bond donors (Lipinski definition) is 1. The maximum Gasteiger partial charge on any atom is 0.295 e. The Morgan fingerprint density at radius 1 is 1.19 bits per heavy atom. The van der Waals surface area contributed by atoms with Crippen LogP contribution in [0.5, 0.6) is 0 Å². The van der Waals surface area contributed by atoms with Gasteiger partial charge in [0.1, 0.15) is 12.4 Å². The Balaban J connectivity index is 1.65. The van der Waals surface area contributed by atoms with Crippen LogP contribution in [0.15, 0.2) is 53.6 Å². The molecule has 1 saturated heterocycles. The summed E-state index contributed by atoms with van der Waals surface area (Å²) in [4.78, 5) is 12.9. The number of nitro groups is 1. The minimum Gasteiger partial charge on any atom is -0.381 e. The van der Waals surface area contributed by atoms with Gasteiger partial charge in [0.15, 0.2) is 0 Å². The molecule has 0 saturated carbocycles. The number of nitro benzene ring substituents is 1. The summed E-state index contributed by atoms with van der Waals surface area (Å²) in [5.74, 6) is 1.19. The van der Waals surface area contributed by atoms with Crippen molar-refractivity contribution in [2.75, 3.05) is 31.7 Å².